The fourth-order valence-corrected chi connectivity index (χ4v) is 2.84. The van der Waals surface area contributed by atoms with Crippen molar-refractivity contribution in [2.45, 2.75) is 12.3 Å². The number of methoxy groups -OCH3 is 1. The maximum atomic E-state index is 11.6. The van der Waals surface area contributed by atoms with Gasteiger partial charge in [0.2, 0.25) is 0 Å². The first kappa shape index (κ1) is 16.0. The van der Waals surface area contributed by atoms with E-state index in [1.807, 2.05) is 42.5 Å². The summed E-state index contributed by atoms with van der Waals surface area (Å²) in [5.41, 5.74) is 1.63. The second-order valence-electron chi connectivity index (χ2n) is 4.60. The molecule has 5 heteroatoms. The molecule has 21 heavy (non-hydrogen) atoms. The van der Waals surface area contributed by atoms with Crippen molar-refractivity contribution < 1.29 is 14.6 Å². The number of carbonyl (C=O) groups is 1. The predicted molar refractivity (Wildman–Crippen MR) is 88.9 cm³/mol. The number of rotatable bonds is 5. The number of halogens is 2. The first-order valence-corrected chi connectivity index (χ1v) is 7.90. The monoisotopic (exact) mass is 412 g/mol. The highest BCUT2D eigenvalue weighted by Crippen LogP contribution is 2.30. The third-order valence-corrected chi connectivity index (χ3v) is 4.26. The number of ether oxygens (including phenoxy) is 1. The van der Waals surface area contributed by atoms with Crippen molar-refractivity contribution in [2.75, 3.05) is 7.11 Å². The fraction of sp³-hybridized carbons (Fsp3) is 0.188. The van der Waals surface area contributed by atoms with E-state index in [0.717, 1.165) is 20.1 Å². The summed E-state index contributed by atoms with van der Waals surface area (Å²) < 4.78 is 7.14. The molecule has 1 N–H and O–H groups in total. The third-order valence-electron chi connectivity index (χ3n) is 3.24. The molecule has 0 fully saturated rings. The Labute approximate surface area is 140 Å². The van der Waals surface area contributed by atoms with Crippen LogP contribution in [0.3, 0.4) is 0 Å². The fourth-order valence-electron chi connectivity index (χ4n) is 2.17. The van der Waals surface area contributed by atoms with Crippen LogP contribution in [0.25, 0.3) is 0 Å². The molecule has 1 atom stereocenters. The van der Waals surface area contributed by atoms with Gasteiger partial charge in [0.25, 0.3) is 0 Å². The molecule has 0 aliphatic heterocycles. The zero-order valence-electron chi connectivity index (χ0n) is 11.3. The van der Waals surface area contributed by atoms with E-state index < -0.39 is 11.9 Å². The third kappa shape index (κ3) is 4.08. The summed E-state index contributed by atoms with van der Waals surface area (Å²) in [7, 11) is 1.59. The van der Waals surface area contributed by atoms with Gasteiger partial charge in [-0.3, -0.25) is 4.79 Å². The molecule has 0 saturated heterocycles. The lowest BCUT2D eigenvalue weighted by Crippen LogP contribution is -2.15. The number of benzene rings is 2. The first-order valence-electron chi connectivity index (χ1n) is 6.32. The SMILES string of the molecule is COc1ccc(Br)cc1CC(C(=O)O)c1ccc(Br)cc1. The van der Waals surface area contributed by atoms with E-state index >= 15 is 0 Å². The molecule has 0 aliphatic carbocycles. The van der Waals surface area contributed by atoms with Crippen LogP contribution in [0.5, 0.6) is 5.75 Å². The van der Waals surface area contributed by atoms with E-state index in [2.05, 4.69) is 31.9 Å². The van der Waals surface area contributed by atoms with Crippen LogP contribution in [-0.2, 0) is 11.2 Å². The number of hydrogen-bond donors (Lipinski definition) is 1. The summed E-state index contributed by atoms with van der Waals surface area (Å²) in [6.45, 7) is 0. The van der Waals surface area contributed by atoms with E-state index in [0.29, 0.717) is 12.2 Å². The Morgan fingerprint density at radius 3 is 2.33 bits per heavy atom. The highest BCUT2D eigenvalue weighted by atomic mass is 79.9. The van der Waals surface area contributed by atoms with Crippen LogP contribution in [0.15, 0.2) is 51.4 Å². The summed E-state index contributed by atoms with van der Waals surface area (Å²) in [5, 5.41) is 9.53. The van der Waals surface area contributed by atoms with Crippen molar-refractivity contribution in [1.82, 2.24) is 0 Å². The number of aliphatic carboxylic acids is 1. The van der Waals surface area contributed by atoms with Crippen LogP contribution in [0.4, 0.5) is 0 Å². The number of hydrogen-bond acceptors (Lipinski definition) is 2. The summed E-state index contributed by atoms with van der Waals surface area (Å²) in [5.74, 6) is -0.762. The summed E-state index contributed by atoms with van der Waals surface area (Å²) in [6.07, 6.45) is 0.375. The average Bonchev–Trinajstić information content (AvgIpc) is 2.46. The van der Waals surface area contributed by atoms with Crippen molar-refractivity contribution in [3.05, 3.63) is 62.5 Å². The summed E-state index contributed by atoms with van der Waals surface area (Å²) >= 11 is 6.77. The molecule has 0 radical (unpaired) electrons. The zero-order chi connectivity index (χ0) is 15.4. The van der Waals surface area contributed by atoms with Crippen LogP contribution in [-0.4, -0.2) is 18.2 Å². The van der Waals surface area contributed by atoms with Gasteiger partial charge >= 0.3 is 5.97 Å². The van der Waals surface area contributed by atoms with E-state index in [4.69, 9.17) is 4.74 Å². The van der Waals surface area contributed by atoms with Crippen LogP contribution >= 0.6 is 31.9 Å². The number of carboxylic acids is 1. The van der Waals surface area contributed by atoms with Gasteiger partial charge in [-0.2, -0.15) is 0 Å². The maximum Gasteiger partial charge on any atom is 0.311 e. The van der Waals surface area contributed by atoms with Gasteiger partial charge in [0.15, 0.2) is 0 Å². The lowest BCUT2D eigenvalue weighted by Gasteiger charge is -2.15. The molecular formula is C16H14Br2O3. The molecule has 2 aromatic carbocycles. The van der Waals surface area contributed by atoms with Gasteiger partial charge in [-0.05, 0) is 47.9 Å². The molecule has 0 saturated carbocycles. The topological polar surface area (TPSA) is 46.5 Å². The van der Waals surface area contributed by atoms with Gasteiger partial charge in [-0.1, -0.05) is 44.0 Å². The van der Waals surface area contributed by atoms with Crippen molar-refractivity contribution in [1.29, 1.82) is 0 Å². The molecule has 1 unspecified atom stereocenters. The van der Waals surface area contributed by atoms with Gasteiger partial charge in [-0.15, -0.1) is 0 Å². The quantitative estimate of drug-likeness (QED) is 0.777. The molecular weight excluding hydrogens is 400 g/mol. The van der Waals surface area contributed by atoms with Crippen molar-refractivity contribution >= 4 is 37.8 Å². The Bertz CT molecular complexity index is 638. The van der Waals surface area contributed by atoms with E-state index in [-0.39, 0.29) is 0 Å². The lowest BCUT2D eigenvalue weighted by molar-refractivity contribution is -0.138. The van der Waals surface area contributed by atoms with Gasteiger partial charge in [0.05, 0.1) is 13.0 Å². The molecule has 2 aromatic rings. The molecule has 0 amide bonds. The van der Waals surface area contributed by atoms with Crippen LogP contribution in [0.2, 0.25) is 0 Å². The number of carboxylic acid groups (broad SMARTS) is 1. The second-order valence-corrected chi connectivity index (χ2v) is 6.43. The minimum absolute atomic E-state index is 0.375. The second kappa shape index (κ2) is 7.09. The highest BCUT2D eigenvalue weighted by Gasteiger charge is 2.22. The Hall–Kier alpha value is -1.33. The van der Waals surface area contributed by atoms with Gasteiger partial charge in [0, 0.05) is 8.95 Å². The summed E-state index contributed by atoms with van der Waals surface area (Å²) in [4.78, 5) is 11.6. The van der Waals surface area contributed by atoms with Gasteiger partial charge in [-0.25, -0.2) is 0 Å². The molecule has 0 heterocycles. The summed E-state index contributed by atoms with van der Waals surface area (Å²) in [6, 6.07) is 13.0. The standard InChI is InChI=1S/C16H14Br2O3/c1-21-15-7-6-13(18)8-11(15)9-14(16(19)20)10-2-4-12(17)5-3-10/h2-8,14H,9H2,1H3,(H,19,20). The zero-order valence-corrected chi connectivity index (χ0v) is 14.5. The molecule has 0 spiro atoms. The molecule has 2 rings (SSSR count). The van der Waals surface area contributed by atoms with E-state index in [9.17, 15) is 9.90 Å². The molecule has 3 nitrogen and oxygen atoms in total. The van der Waals surface area contributed by atoms with Gasteiger partial charge in [0.1, 0.15) is 5.75 Å². The minimum atomic E-state index is -0.848. The molecule has 0 bridgehead atoms. The van der Waals surface area contributed by atoms with Crippen LogP contribution in [0, 0.1) is 0 Å². The van der Waals surface area contributed by atoms with Crippen molar-refractivity contribution in [2.24, 2.45) is 0 Å². The predicted octanol–water partition coefficient (Wildman–Crippen LogP) is 4.63. The normalized spacial score (nSPS) is 12.0. The molecule has 110 valence electrons. The maximum absolute atomic E-state index is 11.6. The Morgan fingerprint density at radius 2 is 1.76 bits per heavy atom. The Morgan fingerprint density at radius 1 is 1.14 bits per heavy atom. The first-order chi connectivity index (χ1) is 10.0. The Kier molecular flexibility index (Phi) is 5.42. The van der Waals surface area contributed by atoms with E-state index in [1.165, 1.54) is 0 Å². The molecule has 0 aliphatic rings. The van der Waals surface area contributed by atoms with Gasteiger partial charge < -0.3 is 9.84 Å². The van der Waals surface area contributed by atoms with Crippen molar-refractivity contribution in [3.8, 4) is 5.75 Å². The Balaban J connectivity index is 2.35. The van der Waals surface area contributed by atoms with Crippen LogP contribution < -0.4 is 4.74 Å². The minimum Gasteiger partial charge on any atom is -0.496 e. The highest BCUT2D eigenvalue weighted by molar-refractivity contribution is 9.10. The average molecular weight is 414 g/mol. The lowest BCUT2D eigenvalue weighted by atomic mass is 9.92. The smallest absolute Gasteiger partial charge is 0.311 e. The van der Waals surface area contributed by atoms with Crippen molar-refractivity contribution in [3.63, 3.8) is 0 Å². The van der Waals surface area contributed by atoms with E-state index in [1.54, 1.807) is 7.11 Å². The molecule has 0 aromatic heterocycles. The largest absolute Gasteiger partial charge is 0.496 e. The van der Waals surface area contributed by atoms with Crippen LogP contribution in [0.1, 0.15) is 17.0 Å².